The van der Waals surface area contributed by atoms with E-state index in [1.54, 1.807) is 12.4 Å². The Morgan fingerprint density at radius 1 is 0.457 bits per heavy atom. The monoisotopic (exact) mass is 602 g/mol. The highest BCUT2D eigenvalue weighted by Crippen LogP contribution is 2.68. The van der Waals surface area contributed by atoms with E-state index >= 15 is 9.59 Å². The molecule has 0 N–H and O–H groups in total. The van der Waals surface area contributed by atoms with E-state index in [4.69, 9.17) is 29.9 Å². The van der Waals surface area contributed by atoms with Crippen molar-refractivity contribution in [3.63, 3.8) is 0 Å². The molecule has 6 aromatic rings. The minimum atomic E-state index is -1.31. The molecular weight excluding hydrogens is 580 g/mol. The molecule has 4 aromatic heterocycles. The van der Waals surface area contributed by atoms with E-state index in [0.29, 0.717) is 34.2 Å². The summed E-state index contributed by atoms with van der Waals surface area (Å²) >= 11 is 0. The van der Waals surface area contributed by atoms with Crippen molar-refractivity contribution in [2.45, 2.75) is 37.5 Å². The van der Waals surface area contributed by atoms with Crippen LogP contribution < -0.4 is 0 Å². The number of pyridine rings is 2. The molecule has 0 bridgehead atoms. The summed E-state index contributed by atoms with van der Waals surface area (Å²) in [6.45, 7) is 0.619. The number of para-hydroxylation sites is 4. The van der Waals surface area contributed by atoms with Crippen molar-refractivity contribution in [3.05, 3.63) is 119 Å². The van der Waals surface area contributed by atoms with E-state index in [2.05, 4.69) is 0 Å². The van der Waals surface area contributed by atoms with Gasteiger partial charge in [-0.2, -0.15) is 0 Å². The Hall–Kier alpha value is -6.04. The van der Waals surface area contributed by atoms with Gasteiger partial charge in [0.25, 0.3) is 0 Å². The molecule has 2 spiro atoms. The summed E-state index contributed by atoms with van der Waals surface area (Å²) in [4.78, 5) is 67.4. The van der Waals surface area contributed by atoms with Crippen LogP contribution in [0.1, 0.15) is 33.9 Å². The highest BCUT2D eigenvalue weighted by atomic mass is 16.2. The molecule has 0 saturated carbocycles. The molecule has 8 heterocycles. The maximum absolute atomic E-state index is 15.2. The first-order valence-corrected chi connectivity index (χ1v) is 15.2. The van der Waals surface area contributed by atoms with Crippen LogP contribution in [0.5, 0.6) is 0 Å². The maximum atomic E-state index is 15.2. The van der Waals surface area contributed by atoms with Crippen LogP contribution >= 0.6 is 0 Å². The SMILES string of the molecule is O=C1N2Cc3nc4ccccc4nc3CN3C(=O)N4Cc5nc6ccccc6nc5CN1C41c4cccnc4-c4ncccc4C231. The maximum Gasteiger partial charge on any atom is 0.325 e. The molecule has 46 heavy (non-hydrogen) atoms. The van der Waals surface area contributed by atoms with Gasteiger partial charge in [0.2, 0.25) is 0 Å². The molecular formula is C34H22N10O2. The molecule has 0 radical (unpaired) electrons. The van der Waals surface area contributed by atoms with E-state index < -0.39 is 11.3 Å². The lowest BCUT2D eigenvalue weighted by Crippen LogP contribution is -2.64. The molecule has 11 rings (SSSR count). The van der Waals surface area contributed by atoms with Crippen LogP contribution in [-0.2, 0) is 37.5 Å². The number of amides is 4. The highest BCUT2D eigenvalue weighted by molar-refractivity contribution is 5.94. The van der Waals surface area contributed by atoms with Crippen LogP contribution in [0.2, 0.25) is 0 Å². The summed E-state index contributed by atoms with van der Waals surface area (Å²) in [6, 6.07) is 22.6. The van der Waals surface area contributed by atoms with Gasteiger partial charge in [-0.25, -0.2) is 29.5 Å². The fourth-order valence-corrected chi connectivity index (χ4v) is 8.58. The topological polar surface area (TPSA) is 124 Å². The predicted octanol–water partition coefficient (Wildman–Crippen LogP) is 4.25. The van der Waals surface area contributed by atoms with Gasteiger partial charge >= 0.3 is 12.1 Å². The molecule has 2 aromatic carbocycles. The molecule has 220 valence electrons. The average molecular weight is 603 g/mol. The van der Waals surface area contributed by atoms with E-state index in [-0.39, 0.29) is 38.2 Å². The summed E-state index contributed by atoms with van der Waals surface area (Å²) in [6.07, 6.45) is 3.46. The van der Waals surface area contributed by atoms with Crippen LogP contribution in [0.15, 0.2) is 85.2 Å². The van der Waals surface area contributed by atoms with Gasteiger partial charge in [0.15, 0.2) is 11.3 Å². The first kappa shape index (κ1) is 24.3. The Kier molecular flexibility index (Phi) is 4.21. The number of aromatic nitrogens is 6. The number of carbonyl (C=O) groups is 2. The fourth-order valence-electron chi connectivity index (χ4n) is 8.58. The van der Waals surface area contributed by atoms with Crippen molar-refractivity contribution in [3.8, 4) is 11.4 Å². The lowest BCUT2D eigenvalue weighted by molar-refractivity contribution is -0.0818. The minimum Gasteiger partial charge on any atom is -0.287 e. The van der Waals surface area contributed by atoms with Crippen LogP contribution in [0.25, 0.3) is 33.5 Å². The zero-order valence-corrected chi connectivity index (χ0v) is 24.2. The third-order valence-electron chi connectivity index (χ3n) is 10.2. The second-order valence-electron chi connectivity index (χ2n) is 12.3. The van der Waals surface area contributed by atoms with Crippen molar-refractivity contribution in [1.29, 1.82) is 0 Å². The van der Waals surface area contributed by atoms with E-state index in [1.165, 1.54) is 0 Å². The first-order chi connectivity index (χ1) is 22.6. The summed E-state index contributed by atoms with van der Waals surface area (Å²) in [5.74, 6) is 0. The molecule has 5 aliphatic rings. The van der Waals surface area contributed by atoms with Gasteiger partial charge in [0.05, 0.1) is 82.4 Å². The largest absolute Gasteiger partial charge is 0.325 e. The van der Waals surface area contributed by atoms with Crippen molar-refractivity contribution in [2.75, 3.05) is 0 Å². The van der Waals surface area contributed by atoms with Crippen molar-refractivity contribution in [1.82, 2.24) is 49.5 Å². The van der Waals surface area contributed by atoms with E-state index in [9.17, 15) is 0 Å². The quantitative estimate of drug-likeness (QED) is 0.253. The first-order valence-electron chi connectivity index (χ1n) is 15.2. The standard InChI is InChI=1S/C34H22N10O2/c45-31-41-15-25-26(38-22-10-2-1-9-21(22)37-25)16-42-32(46)44-18-28-27(39-23-11-3-4-12-24(23)40-28)17-43(31)34(44)20-8-6-14-36-30(20)29-19(33(34,41)42)7-5-13-35-29/h1-14H,15-18H2. The van der Waals surface area contributed by atoms with Gasteiger partial charge in [-0.05, 0) is 36.4 Å². The van der Waals surface area contributed by atoms with Gasteiger partial charge in [-0.3, -0.25) is 29.6 Å². The number of nitrogens with zero attached hydrogens (tertiary/aromatic N) is 10. The Balaban J connectivity index is 1.27. The number of hydrogen-bond donors (Lipinski definition) is 0. The second-order valence-corrected chi connectivity index (χ2v) is 12.3. The number of rotatable bonds is 0. The summed E-state index contributed by atoms with van der Waals surface area (Å²) in [5.41, 5.74) is 5.75. The number of fused-ring (bicyclic) bond motifs is 7. The molecule has 0 unspecified atom stereocenters. The van der Waals surface area contributed by atoms with Gasteiger partial charge in [-0.1, -0.05) is 36.4 Å². The van der Waals surface area contributed by atoms with Gasteiger partial charge in [-0.15, -0.1) is 0 Å². The van der Waals surface area contributed by atoms with E-state index in [1.807, 2.05) is 92.4 Å². The number of benzene rings is 2. The Morgan fingerprint density at radius 3 is 1.11 bits per heavy atom. The van der Waals surface area contributed by atoms with Crippen LogP contribution in [0.3, 0.4) is 0 Å². The third-order valence-corrected chi connectivity index (χ3v) is 10.2. The summed E-state index contributed by atoms with van der Waals surface area (Å²) < 4.78 is 0. The molecule has 4 aliphatic heterocycles. The molecule has 0 atom stereocenters. The van der Waals surface area contributed by atoms with Gasteiger partial charge < -0.3 is 0 Å². The van der Waals surface area contributed by atoms with Crippen molar-refractivity contribution >= 4 is 34.1 Å². The summed E-state index contributed by atoms with van der Waals surface area (Å²) in [5, 5.41) is 0. The predicted molar refractivity (Wildman–Crippen MR) is 163 cm³/mol. The van der Waals surface area contributed by atoms with Crippen molar-refractivity contribution in [2.24, 2.45) is 0 Å². The number of urea groups is 2. The minimum absolute atomic E-state index is 0.155. The molecule has 1 aliphatic carbocycles. The van der Waals surface area contributed by atoms with Crippen LogP contribution in [-0.4, -0.2) is 61.6 Å². The van der Waals surface area contributed by atoms with Crippen molar-refractivity contribution < 1.29 is 9.59 Å². The Bertz CT molecular complexity index is 2120. The second kappa shape index (κ2) is 7.96. The molecule has 12 nitrogen and oxygen atoms in total. The Morgan fingerprint density at radius 2 is 0.783 bits per heavy atom. The molecule has 12 heteroatoms. The zero-order valence-electron chi connectivity index (χ0n) is 24.2. The third kappa shape index (κ3) is 2.54. The highest BCUT2D eigenvalue weighted by Gasteiger charge is 2.83. The fraction of sp³-hybridized carbons (Fsp3) is 0.176. The molecule has 2 fully saturated rings. The lowest BCUT2D eigenvalue weighted by atomic mass is 9.73. The number of carbonyl (C=O) groups excluding carboxylic acids is 2. The van der Waals surface area contributed by atoms with Gasteiger partial charge in [0, 0.05) is 23.5 Å². The normalized spacial score (nSPS) is 23.4. The zero-order chi connectivity index (χ0) is 30.4. The van der Waals surface area contributed by atoms with Gasteiger partial charge in [0.1, 0.15) is 0 Å². The Labute approximate surface area is 261 Å². The lowest BCUT2D eigenvalue weighted by Gasteiger charge is -2.51. The smallest absolute Gasteiger partial charge is 0.287 e. The molecule has 2 saturated heterocycles. The summed E-state index contributed by atoms with van der Waals surface area (Å²) in [7, 11) is 0. The van der Waals surface area contributed by atoms with Crippen LogP contribution in [0.4, 0.5) is 9.59 Å². The number of hydrogen-bond acceptors (Lipinski definition) is 8. The van der Waals surface area contributed by atoms with Crippen LogP contribution in [0, 0.1) is 0 Å². The van der Waals surface area contributed by atoms with E-state index in [0.717, 1.165) is 33.2 Å². The molecule has 4 amide bonds. The average Bonchev–Trinajstić information content (AvgIpc) is 3.26.